The molecule has 1 aliphatic heterocycles. The number of carbonyl (C=O) groups is 1. The van der Waals surface area contributed by atoms with Crippen molar-refractivity contribution in [1.29, 1.82) is 0 Å². The zero-order chi connectivity index (χ0) is 25.4. The summed E-state index contributed by atoms with van der Waals surface area (Å²) in [7, 11) is 0. The van der Waals surface area contributed by atoms with E-state index in [1.165, 1.54) is 10.5 Å². The number of benzene rings is 2. The van der Waals surface area contributed by atoms with E-state index >= 15 is 0 Å². The van der Waals surface area contributed by atoms with Gasteiger partial charge in [-0.1, -0.05) is 17.7 Å². The Hall–Kier alpha value is -2.87. The van der Waals surface area contributed by atoms with E-state index < -0.39 is 23.3 Å². The Morgan fingerprint density at radius 1 is 1.11 bits per heavy atom. The van der Waals surface area contributed by atoms with Crippen molar-refractivity contribution in [2.45, 2.75) is 57.7 Å². The number of hydrogen-bond donors (Lipinski definition) is 0. The van der Waals surface area contributed by atoms with Crippen LogP contribution in [0.3, 0.4) is 0 Å². The van der Waals surface area contributed by atoms with Gasteiger partial charge in [-0.25, -0.2) is 4.79 Å². The summed E-state index contributed by atoms with van der Waals surface area (Å²) in [4.78, 5) is 13.4. The minimum atomic E-state index is -4.33. The molecule has 3 aromatic rings. The molecule has 0 bridgehead atoms. The minimum Gasteiger partial charge on any atom is -0.476 e. The zero-order valence-corrected chi connectivity index (χ0v) is 20.9. The van der Waals surface area contributed by atoms with Gasteiger partial charge in [0.25, 0.3) is 0 Å². The fourth-order valence-corrected chi connectivity index (χ4v) is 5.58. The maximum atomic E-state index is 12.9. The quantitative estimate of drug-likeness (QED) is 0.313. The van der Waals surface area contributed by atoms with E-state index in [0.29, 0.717) is 12.3 Å². The Bertz CT molecular complexity index is 1260. The molecule has 1 aliphatic rings. The Balaban J connectivity index is 1.50. The highest BCUT2D eigenvalue weighted by atomic mass is 32.2. The molecule has 0 aliphatic carbocycles. The standard InChI is InChI=1S/C27H28F3NO3S/c1-5-33-25(32)26(3,4)34-21-11-8-18-12-13-31(22(18)15-21)16-24-17(2)14-23(35-24)19-6-9-20(10-7-19)27(28,29)30/h6-13,15,23H,5,14,16H2,1-4H3. The van der Waals surface area contributed by atoms with Crippen LogP contribution in [-0.2, 0) is 22.3 Å². The van der Waals surface area contributed by atoms with Crippen molar-refractivity contribution in [3.05, 3.63) is 76.3 Å². The number of fused-ring (bicyclic) bond motifs is 1. The van der Waals surface area contributed by atoms with Gasteiger partial charge < -0.3 is 14.0 Å². The summed E-state index contributed by atoms with van der Waals surface area (Å²) >= 11 is 1.70. The lowest BCUT2D eigenvalue weighted by Gasteiger charge is -2.24. The van der Waals surface area contributed by atoms with E-state index in [1.807, 2.05) is 30.5 Å². The highest BCUT2D eigenvalue weighted by molar-refractivity contribution is 8.03. The molecule has 186 valence electrons. The van der Waals surface area contributed by atoms with Gasteiger partial charge in [-0.3, -0.25) is 0 Å². The van der Waals surface area contributed by atoms with Gasteiger partial charge in [0.2, 0.25) is 0 Å². The molecule has 0 radical (unpaired) electrons. The van der Waals surface area contributed by atoms with E-state index in [9.17, 15) is 18.0 Å². The number of rotatable bonds is 7. The number of esters is 1. The van der Waals surface area contributed by atoms with Crippen LogP contribution in [0.4, 0.5) is 13.2 Å². The number of allylic oxidation sites excluding steroid dienone is 2. The molecule has 2 aromatic carbocycles. The van der Waals surface area contributed by atoms with Crippen LogP contribution in [-0.4, -0.2) is 22.7 Å². The molecule has 35 heavy (non-hydrogen) atoms. The first-order chi connectivity index (χ1) is 16.5. The number of carbonyl (C=O) groups excluding carboxylic acids is 1. The molecule has 4 rings (SSSR count). The summed E-state index contributed by atoms with van der Waals surface area (Å²) in [5.41, 5.74) is 1.36. The number of hydrogen-bond acceptors (Lipinski definition) is 4. The van der Waals surface area contributed by atoms with E-state index in [0.717, 1.165) is 35.0 Å². The van der Waals surface area contributed by atoms with Crippen molar-refractivity contribution in [3.63, 3.8) is 0 Å². The van der Waals surface area contributed by atoms with E-state index in [1.54, 1.807) is 44.7 Å². The summed E-state index contributed by atoms with van der Waals surface area (Å²) in [6, 6.07) is 13.2. The van der Waals surface area contributed by atoms with Gasteiger partial charge >= 0.3 is 12.1 Å². The highest BCUT2D eigenvalue weighted by Gasteiger charge is 2.32. The maximum absolute atomic E-state index is 12.9. The molecule has 0 fully saturated rings. The first kappa shape index (κ1) is 25.2. The van der Waals surface area contributed by atoms with Gasteiger partial charge in [0, 0.05) is 22.4 Å². The number of aromatic nitrogens is 1. The monoisotopic (exact) mass is 503 g/mol. The number of alkyl halides is 3. The molecule has 1 atom stereocenters. The summed E-state index contributed by atoms with van der Waals surface area (Å²) in [6.07, 6.45) is -1.52. The number of thioether (sulfide) groups is 1. The van der Waals surface area contributed by atoms with Crippen molar-refractivity contribution in [3.8, 4) is 5.75 Å². The number of nitrogens with zero attached hydrogens (tertiary/aromatic N) is 1. The zero-order valence-electron chi connectivity index (χ0n) is 20.1. The Morgan fingerprint density at radius 3 is 2.49 bits per heavy atom. The van der Waals surface area contributed by atoms with Gasteiger partial charge in [0.1, 0.15) is 5.75 Å². The lowest BCUT2D eigenvalue weighted by Crippen LogP contribution is -2.39. The highest BCUT2D eigenvalue weighted by Crippen LogP contribution is 2.48. The fourth-order valence-electron chi connectivity index (χ4n) is 4.11. The first-order valence-corrected chi connectivity index (χ1v) is 12.3. The lowest BCUT2D eigenvalue weighted by molar-refractivity contribution is -0.158. The molecule has 0 amide bonds. The number of halogens is 3. The van der Waals surface area contributed by atoms with Gasteiger partial charge in [-0.15, -0.1) is 11.8 Å². The van der Waals surface area contributed by atoms with Crippen molar-refractivity contribution >= 4 is 28.6 Å². The summed E-state index contributed by atoms with van der Waals surface area (Å²) in [5, 5.41) is 1.14. The second-order valence-electron chi connectivity index (χ2n) is 9.13. The normalized spacial score (nSPS) is 16.7. The van der Waals surface area contributed by atoms with Crippen LogP contribution < -0.4 is 4.74 Å². The third-order valence-corrected chi connectivity index (χ3v) is 7.55. The second kappa shape index (κ2) is 9.64. The molecule has 0 N–H and O–H groups in total. The van der Waals surface area contributed by atoms with Crippen molar-refractivity contribution < 1.29 is 27.4 Å². The molecule has 1 unspecified atom stereocenters. The van der Waals surface area contributed by atoms with Crippen molar-refractivity contribution in [2.75, 3.05) is 6.61 Å². The molecule has 0 saturated carbocycles. The van der Waals surface area contributed by atoms with Crippen LogP contribution in [0.1, 0.15) is 50.5 Å². The molecular weight excluding hydrogens is 475 g/mol. The third kappa shape index (κ3) is 5.53. The van der Waals surface area contributed by atoms with E-state index in [2.05, 4.69) is 11.5 Å². The molecule has 4 nitrogen and oxygen atoms in total. The Kier molecular flexibility index (Phi) is 6.95. The minimum absolute atomic E-state index is 0.0957. The van der Waals surface area contributed by atoms with Crippen LogP contribution >= 0.6 is 11.8 Å². The summed E-state index contributed by atoms with van der Waals surface area (Å²) < 4.78 is 51.9. The smallest absolute Gasteiger partial charge is 0.416 e. The Morgan fingerprint density at radius 2 is 1.83 bits per heavy atom. The predicted octanol–water partition coefficient (Wildman–Crippen LogP) is 7.53. The molecule has 0 saturated heterocycles. The fraction of sp³-hybridized carbons (Fsp3) is 0.370. The van der Waals surface area contributed by atoms with Gasteiger partial charge in [0.15, 0.2) is 5.60 Å². The molecular formula is C27H28F3NO3S. The largest absolute Gasteiger partial charge is 0.476 e. The van der Waals surface area contributed by atoms with E-state index in [4.69, 9.17) is 9.47 Å². The molecule has 8 heteroatoms. The molecule has 0 spiro atoms. The Labute approximate surface area is 207 Å². The predicted molar refractivity (Wildman–Crippen MR) is 132 cm³/mol. The van der Waals surface area contributed by atoms with Gasteiger partial charge in [-0.05, 0) is 75.4 Å². The number of ether oxygens (including phenoxy) is 2. The average molecular weight is 504 g/mol. The van der Waals surface area contributed by atoms with Crippen molar-refractivity contribution in [2.24, 2.45) is 0 Å². The van der Waals surface area contributed by atoms with Gasteiger partial charge in [0.05, 0.1) is 24.2 Å². The third-order valence-electron chi connectivity index (χ3n) is 6.06. The topological polar surface area (TPSA) is 40.5 Å². The maximum Gasteiger partial charge on any atom is 0.416 e. The van der Waals surface area contributed by atoms with Crippen LogP contribution in [0.15, 0.2) is 65.2 Å². The first-order valence-electron chi connectivity index (χ1n) is 11.5. The van der Waals surface area contributed by atoms with Crippen LogP contribution in [0.25, 0.3) is 10.9 Å². The summed E-state index contributed by atoms with van der Waals surface area (Å²) in [6.45, 7) is 8.13. The molecule has 1 aromatic heterocycles. The SMILES string of the molecule is CCOC(=O)C(C)(C)Oc1ccc2ccn(CC3=C(C)CC(c4ccc(C(F)(F)F)cc4)S3)c2c1. The van der Waals surface area contributed by atoms with Crippen molar-refractivity contribution in [1.82, 2.24) is 4.57 Å². The van der Waals surface area contributed by atoms with E-state index in [-0.39, 0.29) is 11.9 Å². The average Bonchev–Trinajstić information content (AvgIpc) is 3.36. The lowest BCUT2D eigenvalue weighted by atomic mass is 10.0. The molecule has 2 heterocycles. The second-order valence-corrected chi connectivity index (χ2v) is 10.4. The summed E-state index contributed by atoms with van der Waals surface area (Å²) in [5.74, 6) is 0.149. The van der Waals surface area contributed by atoms with Crippen LogP contribution in [0, 0.1) is 0 Å². The van der Waals surface area contributed by atoms with Crippen LogP contribution in [0.5, 0.6) is 5.75 Å². The van der Waals surface area contributed by atoms with Gasteiger partial charge in [-0.2, -0.15) is 13.2 Å². The van der Waals surface area contributed by atoms with Crippen LogP contribution in [0.2, 0.25) is 0 Å².